The number of urea groups is 1. The summed E-state index contributed by atoms with van der Waals surface area (Å²) >= 11 is 3.43. The molecule has 0 spiro atoms. The topological polar surface area (TPSA) is 97.0 Å². The van der Waals surface area contributed by atoms with Crippen LogP contribution >= 0.6 is 15.9 Å². The molecule has 2 aromatic carbocycles. The van der Waals surface area contributed by atoms with Gasteiger partial charge in [0, 0.05) is 10.2 Å². The van der Waals surface area contributed by atoms with Crippen LogP contribution in [0.15, 0.2) is 46.6 Å². The van der Waals surface area contributed by atoms with E-state index in [4.69, 9.17) is 15.9 Å². The van der Waals surface area contributed by atoms with Gasteiger partial charge in [0.15, 0.2) is 11.5 Å². The number of nitrogens with zero attached hydrogens (tertiary/aromatic N) is 1. The van der Waals surface area contributed by atoms with Crippen molar-refractivity contribution < 1.29 is 23.9 Å². The summed E-state index contributed by atoms with van der Waals surface area (Å²) < 4.78 is 11.7. The van der Waals surface area contributed by atoms with Crippen LogP contribution in [0.2, 0.25) is 0 Å². The summed E-state index contributed by atoms with van der Waals surface area (Å²) in [7, 11) is 0. The molecule has 1 saturated heterocycles. The van der Waals surface area contributed by atoms with Crippen LogP contribution in [0.1, 0.15) is 18.1 Å². The molecule has 1 heterocycles. The van der Waals surface area contributed by atoms with E-state index in [-0.39, 0.29) is 12.3 Å². The summed E-state index contributed by atoms with van der Waals surface area (Å²) in [6, 6.07) is 9.87. The van der Waals surface area contributed by atoms with Gasteiger partial charge in [0.25, 0.3) is 5.91 Å². The minimum absolute atomic E-state index is 0.0313. The number of carbonyl (C=O) groups excluding carboxylic acids is 3. The third kappa shape index (κ3) is 5.93. The van der Waals surface area contributed by atoms with E-state index < -0.39 is 24.4 Å². The molecule has 0 atom stereocenters. The third-order valence-electron chi connectivity index (χ3n) is 4.54. The molecule has 0 unspecified atom stereocenters. The Morgan fingerprint density at radius 3 is 2.70 bits per heavy atom. The maximum absolute atomic E-state index is 12.8. The SMILES string of the molecule is C#CCOc1cc(Br)c(/C=C2/NC(=O)N(CC(=O)Nc3cccc(C)c3)C2=O)cc1OCC. The predicted molar refractivity (Wildman–Crippen MR) is 128 cm³/mol. The lowest BCUT2D eigenvalue weighted by atomic mass is 10.1. The zero-order chi connectivity index (χ0) is 24.0. The molecule has 1 fully saturated rings. The van der Waals surface area contributed by atoms with Gasteiger partial charge in [-0.3, -0.25) is 9.59 Å². The molecular formula is C24H22BrN3O5. The Morgan fingerprint density at radius 1 is 1.24 bits per heavy atom. The van der Waals surface area contributed by atoms with Crippen LogP contribution in [0.25, 0.3) is 6.08 Å². The number of anilines is 1. The van der Waals surface area contributed by atoms with Gasteiger partial charge in [-0.25, -0.2) is 9.69 Å². The number of halogens is 1. The first-order valence-corrected chi connectivity index (χ1v) is 10.8. The van der Waals surface area contributed by atoms with Crippen LogP contribution < -0.4 is 20.1 Å². The second kappa shape index (κ2) is 10.7. The van der Waals surface area contributed by atoms with Gasteiger partial charge in [0.2, 0.25) is 5.91 Å². The van der Waals surface area contributed by atoms with Gasteiger partial charge in [-0.1, -0.05) is 34.0 Å². The minimum atomic E-state index is -0.680. The van der Waals surface area contributed by atoms with Crippen LogP contribution in [0.4, 0.5) is 10.5 Å². The monoisotopic (exact) mass is 511 g/mol. The first kappa shape index (κ1) is 23.9. The summed E-state index contributed by atoms with van der Waals surface area (Å²) in [5.41, 5.74) is 2.16. The zero-order valence-electron chi connectivity index (χ0n) is 18.1. The minimum Gasteiger partial charge on any atom is -0.490 e. The lowest BCUT2D eigenvalue weighted by Crippen LogP contribution is -2.38. The van der Waals surface area contributed by atoms with Crippen molar-refractivity contribution in [1.29, 1.82) is 0 Å². The van der Waals surface area contributed by atoms with Crippen molar-refractivity contribution in [2.75, 3.05) is 25.1 Å². The number of aryl methyl sites for hydroxylation is 1. The van der Waals surface area contributed by atoms with Crippen LogP contribution in [0.5, 0.6) is 11.5 Å². The molecule has 170 valence electrons. The highest BCUT2D eigenvalue weighted by molar-refractivity contribution is 9.10. The van der Waals surface area contributed by atoms with E-state index in [2.05, 4.69) is 32.5 Å². The maximum atomic E-state index is 12.8. The molecule has 1 aliphatic heterocycles. The fourth-order valence-electron chi connectivity index (χ4n) is 3.10. The number of nitrogens with one attached hydrogen (secondary N) is 2. The highest BCUT2D eigenvalue weighted by Crippen LogP contribution is 2.35. The second-order valence-corrected chi connectivity index (χ2v) is 7.90. The standard InChI is InChI=1S/C24H22BrN3O5/c1-4-9-33-21-13-18(25)16(12-20(21)32-5-2)11-19-23(30)28(24(31)27-19)14-22(29)26-17-8-6-7-15(3)10-17/h1,6-8,10-13H,5,9,14H2,2-3H3,(H,26,29)(H,27,31)/b19-11+. The Labute approximate surface area is 200 Å². The van der Waals surface area contributed by atoms with Crippen molar-refractivity contribution in [2.45, 2.75) is 13.8 Å². The molecule has 8 nitrogen and oxygen atoms in total. The molecule has 9 heteroatoms. The first-order valence-electron chi connectivity index (χ1n) is 10.1. The molecule has 0 aliphatic carbocycles. The molecular weight excluding hydrogens is 490 g/mol. The molecule has 0 radical (unpaired) electrons. The van der Waals surface area contributed by atoms with Gasteiger partial charge in [-0.2, -0.15) is 0 Å². The van der Waals surface area contributed by atoms with Crippen LogP contribution in [-0.2, 0) is 9.59 Å². The molecule has 3 rings (SSSR count). The van der Waals surface area contributed by atoms with E-state index in [0.29, 0.717) is 33.8 Å². The number of benzene rings is 2. The summed E-state index contributed by atoms with van der Waals surface area (Å²) in [6.07, 6.45) is 6.75. The lowest BCUT2D eigenvalue weighted by molar-refractivity contribution is -0.127. The van der Waals surface area contributed by atoms with Crippen LogP contribution in [-0.4, -0.2) is 42.5 Å². The van der Waals surface area contributed by atoms with Crippen LogP contribution in [0, 0.1) is 19.3 Å². The molecule has 0 bridgehead atoms. The van der Waals surface area contributed by atoms with Crippen molar-refractivity contribution in [3.8, 4) is 23.8 Å². The Balaban J connectivity index is 1.78. The highest BCUT2D eigenvalue weighted by atomic mass is 79.9. The lowest BCUT2D eigenvalue weighted by Gasteiger charge is -2.13. The van der Waals surface area contributed by atoms with Crippen molar-refractivity contribution in [3.63, 3.8) is 0 Å². The second-order valence-electron chi connectivity index (χ2n) is 7.04. The van der Waals surface area contributed by atoms with Gasteiger partial charge in [-0.05, 0) is 55.3 Å². The summed E-state index contributed by atoms with van der Waals surface area (Å²) in [4.78, 5) is 38.4. The normalized spacial score (nSPS) is 14.1. The highest BCUT2D eigenvalue weighted by Gasteiger charge is 2.35. The zero-order valence-corrected chi connectivity index (χ0v) is 19.7. The largest absolute Gasteiger partial charge is 0.490 e. The average Bonchev–Trinajstić information content (AvgIpc) is 3.02. The van der Waals surface area contributed by atoms with Crippen molar-refractivity contribution in [1.82, 2.24) is 10.2 Å². The number of carbonyl (C=O) groups is 3. The predicted octanol–water partition coefficient (Wildman–Crippen LogP) is 3.70. The van der Waals surface area contributed by atoms with E-state index in [9.17, 15) is 14.4 Å². The van der Waals surface area contributed by atoms with E-state index >= 15 is 0 Å². The molecule has 0 saturated carbocycles. The summed E-state index contributed by atoms with van der Waals surface area (Å²) in [5.74, 6) is 2.18. The molecule has 4 amide bonds. The van der Waals surface area contributed by atoms with Gasteiger partial charge < -0.3 is 20.1 Å². The average molecular weight is 512 g/mol. The fourth-order valence-corrected chi connectivity index (χ4v) is 3.54. The number of ether oxygens (including phenoxy) is 2. The fraction of sp³-hybridized carbons (Fsp3) is 0.208. The van der Waals surface area contributed by atoms with Crippen molar-refractivity contribution >= 4 is 45.5 Å². The van der Waals surface area contributed by atoms with Crippen molar-refractivity contribution in [3.05, 3.63) is 57.7 Å². The van der Waals surface area contributed by atoms with Crippen molar-refractivity contribution in [2.24, 2.45) is 0 Å². The molecule has 33 heavy (non-hydrogen) atoms. The Morgan fingerprint density at radius 2 is 2.00 bits per heavy atom. The Bertz CT molecular complexity index is 1170. The van der Waals surface area contributed by atoms with Gasteiger partial charge in [-0.15, -0.1) is 6.42 Å². The molecule has 2 N–H and O–H groups in total. The van der Waals surface area contributed by atoms with E-state index in [1.807, 2.05) is 19.9 Å². The Hall–Kier alpha value is -3.77. The van der Waals surface area contributed by atoms with E-state index in [0.717, 1.165) is 10.5 Å². The number of hydrogen-bond acceptors (Lipinski definition) is 5. The first-order chi connectivity index (χ1) is 15.8. The van der Waals surface area contributed by atoms with Gasteiger partial charge >= 0.3 is 6.03 Å². The number of rotatable bonds is 8. The van der Waals surface area contributed by atoms with E-state index in [1.54, 1.807) is 30.3 Å². The number of imide groups is 1. The Kier molecular flexibility index (Phi) is 7.74. The third-order valence-corrected chi connectivity index (χ3v) is 5.23. The van der Waals surface area contributed by atoms with Gasteiger partial charge in [0.05, 0.1) is 6.61 Å². The summed E-state index contributed by atoms with van der Waals surface area (Å²) in [5, 5.41) is 5.19. The van der Waals surface area contributed by atoms with E-state index in [1.165, 1.54) is 6.08 Å². The molecule has 1 aliphatic rings. The number of amides is 4. The van der Waals surface area contributed by atoms with Crippen LogP contribution in [0.3, 0.4) is 0 Å². The smallest absolute Gasteiger partial charge is 0.329 e. The molecule has 2 aromatic rings. The van der Waals surface area contributed by atoms with Gasteiger partial charge in [0.1, 0.15) is 18.8 Å². The summed E-state index contributed by atoms with van der Waals surface area (Å²) in [6.45, 7) is 3.77. The maximum Gasteiger partial charge on any atom is 0.329 e. The number of terminal acetylenes is 1. The quantitative estimate of drug-likeness (QED) is 0.320. The molecule has 0 aromatic heterocycles. The number of hydrogen-bond donors (Lipinski definition) is 2.